The van der Waals surface area contributed by atoms with E-state index in [-0.39, 0.29) is 16.4 Å². The molecule has 0 heterocycles. The van der Waals surface area contributed by atoms with Crippen LogP contribution in [0.15, 0.2) is 23.3 Å². The molecule has 0 spiro atoms. The lowest BCUT2D eigenvalue weighted by Crippen LogP contribution is -2.24. The van der Waals surface area contributed by atoms with Crippen LogP contribution < -0.4 is 11.2 Å². The van der Waals surface area contributed by atoms with E-state index < -0.39 is 5.97 Å². The van der Waals surface area contributed by atoms with Crippen molar-refractivity contribution in [2.45, 2.75) is 0 Å². The minimum atomic E-state index is -1.21. The van der Waals surface area contributed by atoms with E-state index in [4.69, 9.17) is 10.8 Å². The van der Waals surface area contributed by atoms with Gasteiger partial charge in [-0.15, -0.1) is 0 Å². The molecule has 0 aliphatic heterocycles. The van der Waals surface area contributed by atoms with Crippen molar-refractivity contribution in [3.8, 4) is 5.75 Å². The number of hydrazone groups is 1. The highest BCUT2D eigenvalue weighted by Gasteiger charge is 2.08. The molecule has 1 rings (SSSR count). The van der Waals surface area contributed by atoms with Gasteiger partial charge in [0.2, 0.25) is 0 Å². The van der Waals surface area contributed by atoms with Crippen molar-refractivity contribution in [2.75, 3.05) is 0 Å². The van der Waals surface area contributed by atoms with Crippen molar-refractivity contribution in [1.82, 2.24) is 5.43 Å². The minimum absolute atomic E-state index is 0.00786. The third-order valence-electron chi connectivity index (χ3n) is 1.64. The second-order valence-corrected chi connectivity index (χ2v) is 3.26. The molecular formula is C9H9N3O3S. The smallest absolute Gasteiger partial charge is 0.339 e. The Morgan fingerprint density at radius 2 is 2.25 bits per heavy atom. The number of rotatable bonds is 3. The van der Waals surface area contributed by atoms with E-state index in [1.807, 2.05) is 0 Å². The van der Waals surface area contributed by atoms with E-state index in [0.29, 0.717) is 5.56 Å². The predicted molar refractivity (Wildman–Crippen MR) is 62.6 cm³/mol. The zero-order valence-corrected chi connectivity index (χ0v) is 8.86. The van der Waals surface area contributed by atoms with E-state index >= 15 is 0 Å². The molecule has 7 heteroatoms. The predicted octanol–water partition coefficient (Wildman–Crippen LogP) is 0.258. The lowest BCUT2D eigenvalue weighted by Gasteiger charge is -2.00. The normalized spacial score (nSPS) is 10.2. The number of carboxylic acids is 1. The molecular weight excluding hydrogens is 230 g/mol. The summed E-state index contributed by atoms with van der Waals surface area (Å²) < 4.78 is 0. The average molecular weight is 239 g/mol. The van der Waals surface area contributed by atoms with Crippen LogP contribution in [0.4, 0.5) is 0 Å². The number of hydrogen-bond acceptors (Lipinski definition) is 4. The van der Waals surface area contributed by atoms with E-state index in [0.717, 1.165) is 0 Å². The molecule has 0 atom stereocenters. The Balaban J connectivity index is 2.91. The highest BCUT2D eigenvalue weighted by atomic mass is 32.1. The number of carboxylic acid groups (broad SMARTS) is 1. The van der Waals surface area contributed by atoms with Gasteiger partial charge in [0.05, 0.1) is 6.21 Å². The molecule has 0 bridgehead atoms. The number of phenols is 1. The first kappa shape index (κ1) is 11.9. The number of thiocarbonyl (C=S) groups is 1. The van der Waals surface area contributed by atoms with Gasteiger partial charge in [-0.3, -0.25) is 5.43 Å². The molecule has 5 N–H and O–H groups in total. The van der Waals surface area contributed by atoms with Crippen LogP contribution in [-0.4, -0.2) is 27.5 Å². The van der Waals surface area contributed by atoms with Crippen LogP contribution in [0.5, 0.6) is 5.75 Å². The van der Waals surface area contributed by atoms with Crippen LogP contribution in [0.2, 0.25) is 0 Å². The standard InChI is InChI=1S/C9H9N3O3S/c10-9(16)12-11-4-5-1-2-7(13)6(3-5)8(14)15/h1-4,13H,(H,14,15)(H3,10,12,16)/b11-4+. The third-order valence-corrected chi connectivity index (χ3v) is 1.73. The Labute approximate surface area is 96.4 Å². The summed E-state index contributed by atoms with van der Waals surface area (Å²) >= 11 is 4.52. The lowest BCUT2D eigenvalue weighted by atomic mass is 10.1. The fourth-order valence-electron chi connectivity index (χ4n) is 0.976. The van der Waals surface area contributed by atoms with E-state index in [9.17, 15) is 9.90 Å². The first-order valence-electron chi connectivity index (χ1n) is 4.15. The number of nitrogens with zero attached hydrogens (tertiary/aromatic N) is 1. The molecule has 0 aliphatic carbocycles. The Morgan fingerprint density at radius 3 is 2.81 bits per heavy atom. The van der Waals surface area contributed by atoms with E-state index in [2.05, 4.69) is 22.7 Å². The maximum absolute atomic E-state index is 10.7. The number of nitrogens with two attached hydrogens (primary N) is 1. The number of carbonyl (C=O) groups is 1. The zero-order chi connectivity index (χ0) is 12.1. The maximum Gasteiger partial charge on any atom is 0.339 e. The first-order chi connectivity index (χ1) is 7.50. The van der Waals surface area contributed by atoms with Gasteiger partial charge < -0.3 is 15.9 Å². The second-order valence-electron chi connectivity index (χ2n) is 2.82. The molecule has 1 aromatic carbocycles. The highest BCUT2D eigenvalue weighted by Crippen LogP contribution is 2.17. The summed E-state index contributed by atoms with van der Waals surface area (Å²) in [5, 5.41) is 21.6. The van der Waals surface area contributed by atoms with Crippen molar-refractivity contribution in [2.24, 2.45) is 10.8 Å². The molecule has 1 aromatic rings. The number of benzene rings is 1. The molecule has 0 fully saturated rings. The highest BCUT2D eigenvalue weighted by molar-refractivity contribution is 7.80. The van der Waals surface area contributed by atoms with Crippen LogP contribution in [0.1, 0.15) is 15.9 Å². The molecule has 0 radical (unpaired) electrons. The van der Waals surface area contributed by atoms with Gasteiger partial charge in [0.1, 0.15) is 11.3 Å². The van der Waals surface area contributed by atoms with Crippen LogP contribution in [-0.2, 0) is 0 Å². The lowest BCUT2D eigenvalue weighted by molar-refractivity contribution is 0.0693. The summed E-state index contributed by atoms with van der Waals surface area (Å²) in [4.78, 5) is 10.7. The average Bonchev–Trinajstić information content (AvgIpc) is 2.19. The largest absolute Gasteiger partial charge is 0.507 e. The topological polar surface area (TPSA) is 108 Å². The second kappa shape index (κ2) is 5.08. The molecule has 16 heavy (non-hydrogen) atoms. The fourth-order valence-corrected chi connectivity index (χ4v) is 1.03. The van der Waals surface area contributed by atoms with E-state index in [1.165, 1.54) is 24.4 Å². The molecule has 0 saturated carbocycles. The van der Waals surface area contributed by atoms with Crippen molar-refractivity contribution in [1.29, 1.82) is 0 Å². The number of aromatic hydroxyl groups is 1. The summed E-state index contributed by atoms with van der Waals surface area (Å²) in [5.74, 6) is -1.51. The van der Waals surface area contributed by atoms with Gasteiger partial charge in [-0.1, -0.05) is 0 Å². The Bertz CT molecular complexity index is 459. The summed E-state index contributed by atoms with van der Waals surface area (Å²) in [6.45, 7) is 0. The molecule has 0 aromatic heterocycles. The third kappa shape index (κ3) is 3.21. The molecule has 84 valence electrons. The Kier molecular flexibility index (Phi) is 3.78. The van der Waals surface area contributed by atoms with Gasteiger partial charge in [-0.05, 0) is 36.0 Å². The fraction of sp³-hybridized carbons (Fsp3) is 0. The Morgan fingerprint density at radius 1 is 1.56 bits per heavy atom. The quantitative estimate of drug-likeness (QED) is 0.342. The van der Waals surface area contributed by atoms with Crippen molar-refractivity contribution in [3.05, 3.63) is 29.3 Å². The maximum atomic E-state index is 10.7. The Hall–Kier alpha value is -2.15. The van der Waals surface area contributed by atoms with Gasteiger partial charge in [0.15, 0.2) is 5.11 Å². The molecule has 0 saturated heterocycles. The van der Waals surface area contributed by atoms with Crippen LogP contribution in [0, 0.1) is 0 Å². The number of nitrogens with one attached hydrogen (secondary N) is 1. The zero-order valence-electron chi connectivity index (χ0n) is 8.04. The number of hydrogen-bond donors (Lipinski definition) is 4. The van der Waals surface area contributed by atoms with Crippen molar-refractivity contribution < 1.29 is 15.0 Å². The van der Waals surface area contributed by atoms with Crippen LogP contribution in [0.25, 0.3) is 0 Å². The van der Waals surface area contributed by atoms with Gasteiger partial charge in [-0.2, -0.15) is 5.10 Å². The number of aromatic carboxylic acids is 1. The molecule has 0 aliphatic rings. The van der Waals surface area contributed by atoms with Crippen LogP contribution >= 0.6 is 12.2 Å². The molecule has 0 unspecified atom stereocenters. The summed E-state index contributed by atoms with van der Waals surface area (Å²) in [6.07, 6.45) is 1.34. The van der Waals surface area contributed by atoms with Gasteiger partial charge in [0.25, 0.3) is 0 Å². The van der Waals surface area contributed by atoms with E-state index in [1.54, 1.807) is 0 Å². The molecule has 6 nitrogen and oxygen atoms in total. The monoisotopic (exact) mass is 239 g/mol. The van der Waals surface area contributed by atoms with Gasteiger partial charge in [-0.25, -0.2) is 4.79 Å². The van der Waals surface area contributed by atoms with Crippen LogP contribution in [0.3, 0.4) is 0 Å². The summed E-state index contributed by atoms with van der Waals surface area (Å²) in [6, 6.07) is 4.06. The molecule has 0 amide bonds. The summed E-state index contributed by atoms with van der Waals surface area (Å²) in [7, 11) is 0. The van der Waals surface area contributed by atoms with Crippen molar-refractivity contribution in [3.63, 3.8) is 0 Å². The first-order valence-corrected chi connectivity index (χ1v) is 4.56. The minimum Gasteiger partial charge on any atom is -0.507 e. The van der Waals surface area contributed by atoms with Crippen molar-refractivity contribution >= 4 is 29.5 Å². The van der Waals surface area contributed by atoms with Gasteiger partial charge >= 0.3 is 5.97 Å². The van der Waals surface area contributed by atoms with Gasteiger partial charge in [0, 0.05) is 0 Å². The summed E-state index contributed by atoms with van der Waals surface area (Å²) in [5.41, 5.74) is 7.76. The SMILES string of the molecule is NC(=S)N/N=C/c1ccc(O)c(C(=O)O)c1.